The smallest absolute Gasteiger partial charge is 0.280 e. The highest BCUT2D eigenvalue weighted by molar-refractivity contribution is 5.85. The minimum absolute atomic E-state index is 0.313. The summed E-state index contributed by atoms with van der Waals surface area (Å²) in [5.74, 6) is 1.15. The van der Waals surface area contributed by atoms with Crippen LogP contribution in [0.3, 0.4) is 0 Å². The van der Waals surface area contributed by atoms with Gasteiger partial charge in [-0.2, -0.15) is 5.10 Å². The van der Waals surface area contributed by atoms with Crippen molar-refractivity contribution in [1.82, 2.24) is 5.43 Å². The van der Waals surface area contributed by atoms with Gasteiger partial charge < -0.3 is 9.47 Å². The number of carbonyl (C=O) groups is 1. The lowest BCUT2D eigenvalue weighted by Crippen LogP contribution is -2.33. The van der Waals surface area contributed by atoms with Gasteiger partial charge in [-0.05, 0) is 66.1 Å². The van der Waals surface area contributed by atoms with Crippen LogP contribution in [0.5, 0.6) is 11.5 Å². The molecule has 0 aliphatic heterocycles. The number of ether oxygens (including phenoxy) is 2. The fourth-order valence-corrected chi connectivity index (χ4v) is 2.63. The Labute approximate surface area is 165 Å². The maximum Gasteiger partial charge on any atom is 0.280 e. The van der Waals surface area contributed by atoms with E-state index in [0.717, 1.165) is 28.5 Å². The SMILES string of the molecule is CCCOc1ccc(/C=N\NC(=O)[C@H](C)Oc2ccc3ccccc3c2)cc1. The Morgan fingerprint density at radius 1 is 1.04 bits per heavy atom. The molecule has 0 saturated carbocycles. The number of fused-ring (bicyclic) bond motifs is 1. The molecule has 0 heterocycles. The van der Waals surface area contributed by atoms with Crippen LogP contribution in [0.4, 0.5) is 0 Å². The highest BCUT2D eigenvalue weighted by Gasteiger charge is 2.14. The third-order valence-corrected chi connectivity index (χ3v) is 4.14. The summed E-state index contributed by atoms with van der Waals surface area (Å²) in [6.07, 6.45) is 1.89. The second-order valence-corrected chi connectivity index (χ2v) is 6.42. The van der Waals surface area contributed by atoms with Gasteiger partial charge in [-0.1, -0.05) is 37.3 Å². The van der Waals surface area contributed by atoms with Crippen molar-refractivity contribution in [3.8, 4) is 11.5 Å². The average Bonchev–Trinajstić information content (AvgIpc) is 2.73. The van der Waals surface area contributed by atoms with E-state index in [4.69, 9.17) is 9.47 Å². The van der Waals surface area contributed by atoms with Crippen LogP contribution in [0, 0.1) is 0 Å². The van der Waals surface area contributed by atoms with Crippen molar-refractivity contribution in [2.24, 2.45) is 5.10 Å². The van der Waals surface area contributed by atoms with Gasteiger partial charge in [-0.15, -0.1) is 0 Å². The number of nitrogens with one attached hydrogen (secondary N) is 1. The lowest BCUT2D eigenvalue weighted by Gasteiger charge is -2.13. The molecular weight excluding hydrogens is 352 g/mol. The van der Waals surface area contributed by atoms with Gasteiger partial charge in [-0.25, -0.2) is 5.43 Å². The molecule has 28 heavy (non-hydrogen) atoms. The summed E-state index contributed by atoms with van der Waals surface area (Å²) >= 11 is 0. The van der Waals surface area contributed by atoms with Crippen molar-refractivity contribution in [2.45, 2.75) is 26.4 Å². The number of hydrogen-bond acceptors (Lipinski definition) is 4. The first-order chi connectivity index (χ1) is 13.7. The van der Waals surface area contributed by atoms with Crippen LogP contribution < -0.4 is 14.9 Å². The molecule has 0 aliphatic rings. The molecule has 144 valence electrons. The van der Waals surface area contributed by atoms with Crippen LogP contribution in [-0.2, 0) is 4.79 Å². The Hall–Kier alpha value is -3.34. The van der Waals surface area contributed by atoms with Crippen LogP contribution in [0.15, 0.2) is 71.8 Å². The topological polar surface area (TPSA) is 59.9 Å². The standard InChI is InChI=1S/C23H24N2O3/c1-3-14-27-21-11-8-18(9-12-21)16-24-25-23(26)17(2)28-22-13-10-19-6-4-5-7-20(19)15-22/h4-13,15-17H,3,14H2,1-2H3,(H,25,26)/b24-16-/t17-/m0/s1. The largest absolute Gasteiger partial charge is 0.494 e. The van der Waals surface area contributed by atoms with E-state index >= 15 is 0 Å². The molecule has 0 aromatic heterocycles. The summed E-state index contributed by atoms with van der Waals surface area (Å²) in [6, 6.07) is 21.3. The van der Waals surface area contributed by atoms with Crippen molar-refractivity contribution in [3.63, 3.8) is 0 Å². The Morgan fingerprint density at radius 3 is 2.50 bits per heavy atom. The van der Waals surface area contributed by atoms with Crippen molar-refractivity contribution in [1.29, 1.82) is 0 Å². The molecular formula is C23H24N2O3. The molecule has 1 atom stereocenters. The number of rotatable bonds is 8. The van der Waals surface area contributed by atoms with Crippen molar-refractivity contribution < 1.29 is 14.3 Å². The van der Waals surface area contributed by atoms with Gasteiger partial charge in [-0.3, -0.25) is 4.79 Å². The number of benzene rings is 3. The summed E-state index contributed by atoms with van der Waals surface area (Å²) in [6.45, 7) is 4.45. The maximum atomic E-state index is 12.2. The first kappa shape index (κ1) is 19.4. The molecule has 0 saturated heterocycles. The zero-order chi connectivity index (χ0) is 19.8. The number of hydrazone groups is 1. The Bertz CT molecular complexity index is 951. The highest BCUT2D eigenvalue weighted by atomic mass is 16.5. The summed E-state index contributed by atoms with van der Waals surface area (Å²) in [5, 5.41) is 6.19. The molecule has 0 aliphatic carbocycles. The minimum Gasteiger partial charge on any atom is -0.494 e. The van der Waals surface area contributed by atoms with E-state index in [-0.39, 0.29) is 5.91 Å². The molecule has 0 spiro atoms. The van der Waals surface area contributed by atoms with E-state index in [1.54, 1.807) is 13.1 Å². The number of amides is 1. The van der Waals surface area contributed by atoms with E-state index in [1.807, 2.05) is 66.7 Å². The van der Waals surface area contributed by atoms with E-state index in [1.165, 1.54) is 0 Å². The summed E-state index contributed by atoms with van der Waals surface area (Å²) < 4.78 is 11.3. The first-order valence-electron chi connectivity index (χ1n) is 9.37. The second-order valence-electron chi connectivity index (χ2n) is 6.42. The molecule has 5 nitrogen and oxygen atoms in total. The van der Waals surface area contributed by atoms with Crippen LogP contribution in [0.1, 0.15) is 25.8 Å². The number of carbonyl (C=O) groups excluding carboxylic acids is 1. The van der Waals surface area contributed by atoms with E-state index < -0.39 is 6.10 Å². The van der Waals surface area contributed by atoms with Crippen LogP contribution in [0.2, 0.25) is 0 Å². The lowest BCUT2D eigenvalue weighted by molar-refractivity contribution is -0.127. The molecule has 3 aromatic rings. The molecule has 5 heteroatoms. The monoisotopic (exact) mass is 376 g/mol. The van der Waals surface area contributed by atoms with Gasteiger partial charge in [0.05, 0.1) is 12.8 Å². The van der Waals surface area contributed by atoms with Gasteiger partial charge in [0.25, 0.3) is 5.91 Å². The molecule has 1 N–H and O–H groups in total. The van der Waals surface area contributed by atoms with Crippen molar-refractivity contribution in [3.05, 3.63) is 72.3 Å². The molecule has 0 radical (unpaired) electrons. The van der Waals surface area contributed by atoms with Crippen molar-refractivity contribution in [2.75, 3.05) is 6.61 Å². The third kappa shape index (κ3) is 5.33. The molecule has 0 unspecified atom stereocenters. The van der Waals surface area contributed by atoms with E-state index in [0.29, 0.717) is 12.4 Å². The minimum atomic E-state index is -0.664. The Morgan fingerprint density at radius 2 is 1.75 bits per heavy atom. The fraction of sp³-hybridized carbons (Fsp3) is 0.217. The fourth-order valence-electron chi connectivity index (χ4n) is 2.63. The number of nitrogens with zero attached hydrogens (tertiary/aromatic N) is 1. The van der Waals surface area contributed by atoms with Crippen LogP contribution in [0.25, 0.3) is 10.8 Å². The van der Waals surface area contributed by atoms with Crippen LogP contribution >= 0.6 is 0 Å². The quantitative estimate of drug-likeness (QED) is 0.464. The van der Waals surface area contributed by atoms with E-state index in [2.05, 4.69) is 17.5 Å². The Balaban J connectivity index is 1.52. The highest BCUT2D eigenvalue weighted by Crippen LogP contribution is 2.21. The molecule has 3 rings (SSSR count). The third-order valence-electron chi connectivity index (χ3n) is 4.14. The summed E-state index contributed by atoms with van der Waals surface area (Å²) in [5.41, 5.74) is 3.38. The van der Waals surface area contributed by atoms with Crippen molar-refractivity contribution >= 4 is 22.9 Å². The van der Waals surface area contributed by atoms with Gasteiger partial charge in [0.1, 0.15) is 11.5 Å². The molecule has 0 bridgehead atoms. The van der Waals surface area contributed by atoms with Gasteiger partial charge in [0.15, 0.2) is 6.10 Å². The zero-order valence-corrected chi connectivity index (χ0v) is 16.1. The zero-order valence-electron chi connectivity index (χ0n) is 16.1. The predicted octanol–water partition coefficient (Wildman–Crippen LogP) is 4.55. The first-order valence-corrected chi connectivity index (χ1v) is 9.37. The average molecular weight is 376 g/mol. The number of hydrogen-bond donors (Lipinski definition) is 1. The maximum absolute atomic E-state index is 12.2. The second kappa shape index (κ2) is 9.55. The lowest BCUT2D eigenvalue weighted by atomic mass is 10.1. The van der Waals surface area contributed by atoms with E-state index in [9.17, 15) is 4.79 Å². The van der Waals surface area contributed by atoms with Gasteiger partial charge in [0.2, 0.25) is 0 Å². The van der Waals surface area contributed by atoms with Gasteiger partial charge in [0, 0.05) is 0 Å². The molecule has 3 aromatic carbocycles. The van der Waals surface area contributed by atoms with Gasteiger partial charge >= 0.3 is 0 Å². The summed E-state index contributed by atoms with van der Waals surface area (Å²) in [7, 11) is 0. The van der Waals surface area contributed by atoms with Crippen LogP contribution in [-0.4, -0.2) is 24.8 Å². The normalized spacial score (nSPS) is 12.1. The molecule has 1 amide bonds. The predicted molar refractivity (Wildman–Crippen MR) is 112 cm³/mol. The summed E-state index contributed by atoms with van der Waals surface area (Å²) in [4.78, 5) is 12.2. The Kier molecular flexibility index (Phi) is 6.63. The molecule has 0 fully saturated rings.